The highest BCUT2D eigenvalue weighted by molar-refractivity contribution is 6.32. The molecule has 9 atom stereocenters. The minimum atomic E-state index is -0.512. The Balaban J connectivity index is 4.82. The van der Waals surface area contributed by atoms with Crippen LogP contribution in [0.25, 0.3) is 0 Å². The largest absolute Gasteiger partial charge is 0.0940 e. The Morgan fingerprint density at radius 2 is 0.909 bits per heavy atom. The van der Waals surface area contributed by atoms with Gasteiger partial charge >= 0.3 is 0 Å². The highest BCUT2D eigenvalue weighted by atomic mass is 14.3. The van der Waals surface area contributed by atoms with E-state index in [4.69, 9.17) is 62.8 Å². The van der Waals surface area contributed by atoms with Crippen molar-refractivity contribution in [3.05, 3.63) is 0 Å². The minimum Gasteiger partial charge on any atom is -0.0940 e. The van der Waals surface area contributed by atoms with E-state index in [9.17, 15) is 0 Å². The molecule has 0 aromatic rings. The molecule has 0 aromatic heterocycles. The van der Waals surface area contributed by atoms with Gasteiger partial charge in [-0.25, -0.2) is 0 Å². The fourth-order valence-corrected chi connectivity index (χ4v) is 2.74. The van der Waals surface area contributed by atoms with Crippen LogP contribution in [0.2, 0.25) is 47.5 Å². The van der Waals surface area contributed by atoms with Crippen molar-refractivity contribution in [2.45, 2.75) is 68.3 Å². The summed E-state index contributed by atoms with van der Waals surface area (Å²) in [7, 11) is 47.7. The Kier molecular flexibility index (Phi) is 10.6. The van der Waals surface area contributed by atoms with Crippen molar-refractivity contribution in [1.29, 1.82) is 0 Å². The van der Waals surface area contributed by atoms with E-state index in [0.29, 0.717) is 6.32 Å². The summed E-state index contributed by atoms with van der Waals surface area (Å²) < 4.78 is 0. The van der Waals surface area contributed by atoms with E-state index in [1.54, 1.807) is 0 Å². The van der Waals surface area contributed by atoms with Crippen molar-refractivity contribution in [3.63, 3.8) is 0 Å². The van der Waals surface area contributed by atoms with E-state index >= 15 is 0 Å². The number of hydrogen-bond acceptors (Lipinski definition) is 0. The highest BCUT2D eigenvalue weighted by Crippen LogP contribution is 2.47. The van der Waals surface area contributed by atoms with E-state index in [2.05, 4.69) is 20.8 Å². The first kappa shape index (κ1) is 22.5. The Morgan fingerprint density at radius 1 is 0.500 bits per heavy atom. The molecule has 9 unspecified atom stereocenters. The summed E-state index contributed by atoms with van der Waals surface area (Å²) in [6.07, 6.45) is 0.695. The van der Waals surface area contributed by atoms with Crippen LogP contribution in [0, 0.1) is 17.8 Å². The molecule has 16 radical (unpaired) electrons. The maximum Gasteiger partial charge on any atom is 0.0696 e. The minimum absolute atomic E-state index is 0.0672. The van der Waals surface area contributed by atoms with Crippen LogP contribution in [-0.2, 0) is 0 Å². The van der Waals surface area contributed by atoms with E-state index in [-0.39, 0.29) is 35.7 Å². The normalized spacial score (nSPS) is 24.3. The maximum atomic E-state index is 6.32. The van der Waals surface area contributed by atoms with Gasteiger partial charge in [0, 0.05) is 0 Å². The molecule has 0 amide bonds. The lowest BCUT2D eigenvalue weighted by molar-refractivity contribution is 0.256. The fourth-order valence-electron chi connectivity index (χ4n) is 2.74. The molecule has 0 aromatic carbocycles. The summed E-state index contributed by atoms with van der Waals surface area (Å²) in [4.78, 5) is 0. The third kappa shape index (κ3) is 5.86. The second-order valence-electron chi connectivity index (χ2n) is 6.69. The predicted molar refractivity (Wildman–Crippen MR) is 106 cm³/mol. The van der Waals surface area contributed by atoms with Crippen LogP contribution in [0.15, 0.2) is 0 Å². The monoisotopic (exact) mass is 278 g/mol. The van der Waals surface area contributed by atoms with Gasteiger partial charge in [-0.3, -0.25) is 0 Å². The van der Waals surface area contributed by atoms with Crippen molar-refractivity contribution in [3.8, 4) is 0 Å². The maximum absolute atomic E-state index is 6.32. The Labute approximate surface area is 149 Å². The second-order valence-corrected chi connectivity index (χ2v) is 6.69. The topological polar surface area (TPSA) is 0 Å². The molecule has 0 heterocycles. The van der Waals surface area contributed by atoms with Gasteiger partial charge in [0.1, 0.15) is 0 Å². The quantitative estimate of drug-likeness (QED) is 0.534. The van der Waals surface area contributed by atoms with Crippen molar-refractivity contribution in [2.24, 2.45) is 17.8 Å². The first-order valence-corrected chi connectivity index (χ1v) is 8.03. The average Bonchev–Trinajstić information content (AvgIpc) is 2.55. The molecule has 0 saturated heterocycles. The molecule has 0 spiro atoms. The summed E-state index contributed by atoms with van der Waals surface area (Å²) in [5.41, 5.74) is 0. The smallest absolute Gasteiger partial charge is 0.0696 e. The van der Waals surface area contributed by atoms with Crippen molar-refractivity contribution < 1.29 is 0 Å². The van der Waals surface area contributed by atoms with Gasteiger partial charge in [-0.15, -0.1) is 0 Å². The summed E-state index contributed by atoms with van der Waals surface area (Å²) in [6.45, 7) is 6.23. The Hall–Kier alpha value is 0.519. The van der Waals surface area contributed by atoms with Gasteiger partial charge in [-0.05, 0) is 17.8 Å². The van der Waals surface area contributed by atoms with E-state index < -0.39 is 23.3 Å². The molecule has 0 aliphatic rings. The van der Waals surface area contributed by atoms with Crippen LogP contribution in [0.1, 0.15) is 20.8 Å². The second kappa shape index (κ2) is 10.4. The van der Waals surface area contributed by atoms with Gasteiger partial charge in [-0.2, -0.15) is 0 Å². The lowest BCUT2D eigenvalue weighted by atomic mass is 9.43. The fraction of sp³-hybridized carbons (Fsp3) is 1.00. The summed E-state index contributed by atoms with van der Waals surface area (Å²) in [6, 6.07) is 0. The van der Waals surface area contributed by atoms with Crippen LogP contribution in [0.5, 0.6) is 0 Å². The van der Waals surface area contributed by atoms with E-state index in [1.165, 1.54) is 0 Å². The zero-order valence-electron chi connectivity index (χ0n) is 14.2. The van der Waals surface area contributed by atoms with Gasteiger partial charge in [0.05, 0.1) is 62.8 Å². The first-order chi connectivity index (χ1) is 10.1. The van der Waals surface area contributed by atoms with Crippen LogP contribution < -0.4 is 0 Å². The molecule has 102 valence electrons. The van der Waals surface area contributed by atoms with Crippen molar-refractivity contribution in [1.82, 2.24) is 0 Å². The van der Waals surface area contributed by atoms with Gasteiger partial charge in [0.25, 0.3) is 0 Å². The first-order valence-electron chi connectivity index (χ1n) is 8.03. The molecule has 0 aliphatic carbocycles. The molecule has 0 saturated carbocycles. The van der Waals surface area contributed by atoms with Crippen LogP contribution in [0.4, 0.5) is 0 Å². The molecule has 0 N–H and O–H groups in total. The zero-order chi connectivity index (χ0) is 17.6. The molecule has 22 heavy (non-hydrogen) atoms. The van der Waals surface area contributed by atoms with Gasteiger partial charge in [0.2, 0.25) is 0 Å². The van der Waals surface area contributed by atoms with E-state index in [1.807, 2.05) is 0 Å². The SMILES string of the molecule is [B]CC([B])C([B])C([B])C([B])C([B])C(C)C(C)C(C)C([B])C[B]. The molecule has 0 rings (SSSR count). The van der Waals surface area contributed by atoms with Crippen LogP contribution in [-0.4, -0.2) is 62.8 Å². The van der Waals surface area contributed by atoms with Crippen LogP contribution >= 0.6 is 0 Å². The highest BCUT2D eigenvalue weighted by Gasteiger charge is 2.31. The standard InChI is InChI=1S/C14H22B8/c1-6(7(2)9(17)4-15)8(3)11(19)13(21)14(22)12(20)10(18)5-16/h6-14H,4-5H2,1-3H3. The molecule has 0 fully saturated rings. The molecule has 0 bridgehead atoms. The van der Waals surface area contributed by atoms with Gasteiger partial charge in [0.15, 0.2) is 0 Å². The zero-order valence-corrected chi connectivity index (χ0v) is 14.2. The number of hydrogen-bond donors (Lipinski definition) is 0. The lowest BCUT2D eigenvalue weighted by Gasteiger charge is -2.41. The van der Waals surface area contributed by atoms with Gasteiger partial charge < -0.3 is 0 Å². The molecule has 8 heteroatoms. The summed E-state index contributed by atoms with van der Waals surface area (Å²) in [5.74, 6) is -1.64. The molecule has 0 nitrogen and oxygen atoms in total. The van der Waals surface area contributed by atoms with Crippen molar-refractivity contribution in [2.75, 3.05) is 0 Å². The Bertz CT molecular complexity index is 275. The predicted octanol–water partition coefficient (Wildman–Crippen LogP) is 1.81. The van der Waals surface area contributed by atoms with Crippen molar-refractivity contribution >= 4 is 62.8 Å². The molecular formula is C14H22B8. The third-order valence-electron chi connectivity index (χ3n) is 5.31. The van der Waals surface area contributed by atoms with Gasteiger partial charge in [-0.1, -0.05) is 68.3 Å². The third-order valence-corrected chi connectivity index (χ3v) is 5.31. The van der Waals surface area contributed by atoms with Crippen LogP contribution in [0.3, 0.4) is 0 Å². The summed E-state index contributed by atoms with van der Waals surface area (Å²) in [5, 5.41) is 0. The Morgan fingerprint density at radius 3 is 1.32 bits per heavy atom. The molecular weight excluding hydrogens is 255 g/mol. The summed E-state index contributed by atoms with van der Waals surface area (Å²) >= 11 is 0. The number of rotatable bonds is 10. The van der Waals surface area contributed by atoms with E-state index in [0.717, 1.165) is 0 Å². The average molecular weight is 277 g/mol. The molecule has 0 aliphatic heterocycles. The lowest BCUT2D eigenvalue weighted by Crippen LogP contribution is -2.28.